The molecule has 0 amide bonds. The van der Waals surface area contributed by atoms with E-state index in [1.165, 1.54) is 71.0 Å². The summed E-state index contributed by atoms with van der Waals surface area (Å²) < 4.78 is 11.9. The molecular weight excluding hydrogens is 787 g/mol. The minimum absolute atomic E-state index is 0. The van der Waals surface area contributed by atoms with Crippen LogP contribution >= 0.6 is 24.8 Å². The van der Waals surface area contributed by atoms with Gasteiger partial charge < -0.3 is 0 Å². The van der Waals surface area contributed by atoms with Crippen molar-refractivity contribution in [2.75, 3.05) is 0 Å². The summed E-state index contributed by atoms with van der Waals surface area (Å²) >= 11 is -5.24. The first-order valence-electron chi connectivity index (χ1n) is 19.4. The molecule has 0 spiro atoms. The van der Waals surface area contributed by atoms with Crippen LogP contribution in [0.1, 0.15) is 56.9 Å². The molecule has 2 aliphatic carbocycles. The van der Waals surface area contributed by atoms with Crippen LogP contribution in [0.4, 0.5) is 0 Å². The van der Waals surface area contributed by atoms with E-state index in [1.807, 2.05) is 0 Å². The van der Waals surface area contributed by atoms with E-state index in [2.05, 4.69) is 200 Å². The Bertz CT molecular complexity index is 2430. The third-order valence-corrected chi connectivity index (χ3v) is 28.8. The minimum atomic E-state index is -5.24. The Kier molecular flexibility index (Phi) is 11.3. The van der Waals surface area contributed by atoms with E-state index in [9.17, 15) is 0 Å². The Labute approximate surface area is 342 Å². The van der Waals surface area contributed by atoms with Crippen LogP contribution in [0.25, 0.3) is 33.4 Å². The summed E-state index contributed by atoms with van der Waals surface area (Å²) in [7, 11) is 0. The molecule has 280 valence electrons. The summed E-state index contributed by atoms with van der Waals surface area (Å²) in [5, 5.41) is 0. The zero-order valence-corrected chi connectivity index (χ0v) is 37.4. The molecule has 6 aromatic rings. The van der Waals surface area contributed by atoms with E-state index in [4.69, 9.17) is 4.21 Å². The van der Waals surface area contributed by atoms with Gasteiger partial charge >= 0.3 is 321 Å². The van der Waals surface area contributed by atoms with Gasteiger partial charge in [-0.25, -0.2) is 0 Å². The summed E-state index contributed by atoms with van der Waals surface area (Å²) in [4.78, 5) is 0. The molecular formula is C52H54Cl2Zr. The van der Waals surface area contributed by atoms with Crippen LogP contribution < -0.4 is 9.81 Å². The van der Waals surface area contributed by atoms with Crippen molar-refractivity contribution in [3.05, 3.63) is 183 Å². The van der Waals surface area contributed by atoms with Crippen molar-refractivity contribution < 1.29 is 18.3 Å². The Morgan fingerprint density at radius 2 is 1.11 bits per heavy atom. The average Bonchev–Trinajstić information content (AvgIpc) is 3.79. The number of fused-ring (bicyclic) bond motifs is 3. The second-order valence-corrected chi connectivity index (χ2v) is 29.9. The van der Waals surface area contributed by atoms with Crippen molar-refractivity contribution >= 4 is 38.8 Å². The molecule has 0 radical (unpaired) electrons. The maximum atomic E-state index is 6.00. The molecule has 0 N–H and O–H groups in total. The fourth-order valence-corrected chi connectivity index (χ4v) is 26.7. The molecule has 1 unspecified atom stereocenters. The van der Waals surface area contributed by atoms with E-state index in [-0.39, 0.29) is 36.1 Å². The van der Waals surface area contributed by atoms with E-state index < -0.39 is 18.3 Å². The summed E-state index contributed by atoms with van der Waals surface area (Å²) in [6, 6.07) is 53.2. The van der Waals surface area contributed by atoms with Gasteiger partial charge in [-0.15, -0.1) is 24.8 Å². The van der Waals surface area contributed by atoms with Crippen molar-refractivity contribution in [2.45, 2.75) is 54.9 Å². The van der Waals surface area contributed by atoms with Crippen LogP contribution in [-0.2, 0) is 24.7 Å². The summed E-state index contributed by atoms with van der Waals surface area (Å²) in [6.07, 6.45) is 6.15. The summed E-state index contributed by atoms with van der Waals surface area (Å²) in [5.41, 5.74) is 14.7. The van der Waals surface area contributed by atoms with Crippen LogP contribution in [0.5, 0.6) is 0 Å². The van der Waals surface area contributed by atoms with Crippen molar-refractivity contribution in [1.29, 1.82) is 0 Å². The van der Waals surface area contributed by atoms with Crippen LogP contribution in [0.3, 0.4) is 0 Å². The number of aryl methyl sites for hydroxylation is 2. The Morgan fingerprint density at radius 3 is 1.64 bits per heavy atom. The van der Waals surface area contributed by atoms with Crippen LogP contribution in [-0.4, -0.2) is 4.21 Å². The second-order valence-electron chi connectivity index (χ2n) is 17.2. The fraction of sp³-hybridized carbons (Fsp3) is 0.212. The standard InChI is InChI=1S/C25H17.C12H19.2C7H7.CH2.2ClH.Zr/c1-3-7-18(8-4-1)20-11-13-24-22(15-20)17-23-16-21(12-14-25(23)24)19-9-5-2-6-10-19;1-9(2)10-6-7-11(8-10)12(3,4)5;2*1-7-5-3-2-4-6-7;;;;/h1-15H,17H2;7-10H,1-5H3;2*3-6H,1H3;1H2;2*1H;. The van der Waals surface area contributed by atoms with Gasteiger partial charge in [-0.3, -0.25) is 0 Å². The van der Waals surface area contributed by atoms with Crippen molar-refractivity contribution in [1.82, 2.24) is 0 Å². The third-order valence-electron chi connectivity index (χ3n) is 12.4. The van der Waals surface area contributed by atoms with E-state index >= 15 is 0 Å². The van der Waals surface area contributed by atoms with E-state index in [0.29, 0.717) is 5.92 Å². The van der Waals surface area contributed by atoms with E-state index in [1.54, 1.807) is 3.28 Å². The van der Waals surface area contributed by atoms with Crippen LogP contribution in [0, 0.1) is 31.1 Å². The van der Waals surface area contributed by atoms with Gasteiger partial charge in [0.15, 0.2) is 0 Å². The fourth-order valence-electron chi connectivity index (χ4n) is 9.49. The van der Waals surface area contributed by atoms with Gasteiger partial charge in [0.05, 0.1) is 0 Å². The van der Waals surface area contributed by atoms with Gasteiger partial charge in [-0.1, -0.05) is 0 Å². The first-order chi connectivity index (χ1) is 25.4. The molecule has 0 saturated carbocycles. The summed E-state index contributed by atoms with van der Waals surface area (Å²) in [6.45, 7) is 16.4. The van der Waals surface area contributed by atoms with Crippen LogP contribution in [0.15, 0.2) is 161 Å². The number of allylic oxidation sites excluding steroid dienone is 4. The molecule has 0 heterocycles. The molecule has 2 aliphatic rings. The first kappa shape index (κ1) is 40.8. The van der Waals surface area contributed by atoms with Gasteiger partial charge in [0, 0.05) is 0 Å². The molecule has 0 fully saturated rings. The maximum absolute atomic E-state index is 6.00. The Morgan fingerprint density at radius 1 is 0.600 bits per heavy atom. The SMILES string of the molecule is Cl.Cl.[CH2]=[Zr]([C]1=CC(C(C)(C)C)=CC1C(C)C)([c]1ccc(C)cc1)([c]1ccc(C)cc1)[c]1c(-c2ccccc2)ccc2c1Cc1cc(-c3ccccc3)ccc1-2. The van der Waals surface area contributed by atoms with Gasteiger partial charge in [0.25, 0.3) is 0 Å². The zero-order chi connectivity index (χ0) is 37.1. The predicted molar refractivity (Wildman–Crippen MR) is 242 cm³/mol. The number of halogens is 2. The Balaban J connectivity index is 0.00000257. The van der Waals surface area contributed by atoms with Crippen molar-refractivity contribution in [3.63, 3.8) is 0 Å². The summed E-state index contributed by atoms with van der Waals surface area (Å²) in [5.74, 6) is 0.678. The second kappa shape index (κ2) is 15.2. The molecule has 1 atom stereocenters. The van der Waals surface area contributed by atoms with E-state index in [0.717, 1.165) is 6.42 Å². The molecule has 0 aliphatic heterocycles. The number of hydrogen-bond donors (Lipinski definition) is 0. The molecule has 0 aromatic heterocycles. The molecule has 0 bridgehead atoms. The molecule has 6 aromatic carbocycles. The van der Waals surface area contributed by atoms with Crippen molar-refractivity contribution in [2.24, 2.45) is 17.3 Å². The first-order valence-corrected chi connectivity index (χ1v) is 26.1. The quantitative estimate of drug-likeness (QED) is 0.150. The molecule has 3 heteroatoms. The Hall–Kier alpha value is -3.87. The molecule has 55 heavy (non-hydrogen) atoms. The predicted octanol–water partition coefficient (Wildman–Crippen LogP) is 12.6. The van der Waals surface area contributed by atoms with Gasteiger partial charge in [-0.05, 0) is 0 Å². The van der Waals surface area contributed by atoms with Gasteiger partial charge in [-0.2, -0.15) is 0 Å². The van der Waals surface area contributed by atoms with Crippen LogP contribution in [0.2, 0.25) is 0 Å². The number of benzene rings is 6. The normalized spacial score (nSPS) is 15.0. The van der Waals surface area contributed by atoms with Crippen molar-refractivity contribution in [3.8, 4) is 33.4 Å². The topological polar surface area (TPSA) is 0 Å². The number of rotatable bonds is 7. The third kappa shape index (κ3) is 6.65. The average molecular weight is 841 g/mol. The zero-order valence-electron chi connectivity index (χ0n) is 33.3. The number of hydrogen-bond acceptors (Lipinski definition) is 0. The monoisotopic (exact) mass is 838 g/mol. The molecule has 8 rings (SSSR count). The molecule has 0 saturated heterocycles. The van der Waals surface area contributed by atoms with Gasteiger partial charge in [0.2, 0.25) is 0 Å². The van der Waals surface area contributed by atoms with Gasteiger partial charge in [0.1, 0.15) is 0 Å². The molecule has 0 nitrogen and oxygen atoms in total.